The van der Waals surface area contributed by atoms with E-state index < -0.39 is 0 Å². The second kappa shape index (κ2) is 9.13. The van der Waals surface area contributed by atoms with E-state index in [0.29, 0.717) is 18.1 Å². The summed E-state index contributed by atoms with van der Waals surface area (Å²) in [4.78, 5) is 0. The smallest absolute Gasteiger partial charge is 0.119 e. The molecule has 0 amide bonds. The van der Waals surface area contributed by atoms with Gasteiger partial charge in [0.1, 0.15) is 5.75 Å². The summed E-state index contributed by atoms with van der Waals surface area (Å²) in [5.74, 6) is 2.46. The molecule has 0 aromatic heterocycles. The molecule has 0 bridgehead atoms. The Kier molecular flexibility index (Phi) is 6.36. The van der Waals surface area contributed by atoms with E-state index in [-0.39, 0.29) is 0 Å². The lowest BCUT2D eigenvalue weighted by Crippen LogP contribution is -2.27. The van der Waals surface area contributed by atoms with Gasteiger partial charge in [-0.15, -0.1) is 0 Å². The summed E-state index contributed by atoms with van der Waals surface area (Å²) in [7, 11) is 1.82. The van der Waals surface area contributed by atoms with Crippen LogP contribution in [0.2, 0.25) is 0 Å². The SMILES string of the molecule is COC1CCC(Oc2cccc(C3CCC(c4ccc(C)cc4)CC3)c2)CC1. The molecule has 2 aliphatic rings. The molecule has 2 nitrogen and oxygen atoms in total. The summed E-state index contributed by atoms with van der Waals surface area (Å²) >= 11 is 0. The molecule has 0 unspecified atom stereocenters. The number of ether oxygens (including phenoxy) is 2. The van der Waals surface area contributed by atoms with Crippen LogP contribution < -0.4 is 4.74 Å². The highest BCUT2D eigenvalue weighted by atomic mass is 16.5. The van der Waals surface area contributed by atoms with Crippen molar-refractivity contribution in [2.45, 2.75) is 82.3 Å². The van der Waals surface area contributed by atoms with Crippen molar-refractivity contribution in [1.82, 2.24) is 0 Å². The van der Waals surface area contributed by atoms with Gasteiger partial charge in [-0.2, -0.15) is 0 Å². The highest BCUT2D eigenvalue weighted by molar-refractivity contribution is 5.32. The summed E-state index contributed by atoms with van der Waals surface area (Å²) in [6.07, 6.45) is 10.3. The monoisotopic (exact) mass is 378 g/mol. The number of hydrogen-bond acceptors (Lipinski definition) is 2. The van der Waals surface area contributed by atoms with E-state index in [1.165, 1.54) is 42.4 Å². The van der Waals surface area contributed by atoms with Gasteiger partial charge in [0, 0.05) is 7.11 Å². The van der Waals surface area contributed by atoms with Crippen molar-refractivity contribution in [3.8, 4) is 5.75 Å². The molecule has 0 aliphatic heterocycles. The van der Waals surface area contributed by atoms with Gasteiger partial charge in [-0.25, -0.2) is 0 Å². The van der Waals surface area contributed by atoms with Crippen LogP contribution in [-0.4, -0.2) is 19.3 Å². The van der Waals surface area contributed by atoms with Crippen LogP contribution in [0.5, 0.6) is 5.75 Å². The molecule has 150 valence electrons. The van der Waals surface area contributed by atoms with Crippen LogP contribution in [0.25, 0.3) is 0 Å². The maximum Gasteiger partial charge on any atom is 0.119 e. The Labute approximate surface area is 170 Å². The molecule has 28 heavy (non-hydrogen) atoms. The van der Waals surface area contributed by atoms with E-state index in [1.54, 1.807) is 0 Å². The average Bonchev–Trinajstić information content (AvgIpc) is 2.75. The zero-order valence-electron chi connectivity index (χ0n) is 17.4. The van der Waals surface area contributed by atoms with E-state index >= 15 is 0 Å². The van der Waals surface area contributed by atoms with Crippen LogP contribution >= 0.6 is 0 Å². The van der Waals surface area contributed by atoms with Gasteiger partial charge in [0.15, 0.2) is 0 Å². The summed E-state index contributed by atoms with van der Waals surface area (Å²) in [5.41, 5.74) is 4.34. The van der Waals surface area contributed by atoms with Gasteiger partial charge in [0.2, 0.25) is 0 Å². The molecule has 0 N–H and O–H groups in total. The van der Waals surface area contributed by atoms with Crippen LogP contribution in [0.4, 0.5) is 0 Å². The van der Waals surface area contributed by atoms with Crippen LogP contribution in [0, 0.1) is 6.92 Å². The fourth-order valence-corrected chi connectivity index (χ4v) is 5.02. The van der Waals surface area contributed by atoms with Crippen molar-refractivity contribution < 1.29 is 9.47 Å². The van der Waals surface area contributed by atoms with Crippen molar-refractivity contribution in [1.29, 1.82) is 0 Å². The molecule has 2 aliphatic carbocycles. The molecule has 0 saturated heterocycles. The van der Waals surface area contributed by atoms with Crippen molar-refractivity contribution in [2.24, 2.45) is 0 Å². The molecule has 2 aromatic carbocycles. The zero-order chi connectivity index (χ0) is 19.3. The molecule has 4 rings (SSSR count). The largest absolute Gasteiger partial charge is 0.490 e. The number of rotatable bonds is 5. The third-order valence-corrected chi connectivity index (χ3v) is 6.86. The van der Waals surface area contributed by atoms with Gasteiger partial charge >= 0.3 is 0 Å². The molecular formula is C26H34O2. The van der Waals surface area contributed by atoms with E-state index in [4.69, 9.17) is 9.47 Å². The minimum absolute atomic E-state index is 0.346. The Balaban J connectivity index is 1.33. The molecule has 2 aromatic rings. The molecule has 0 spiro atoms. The third kappa shape index (κ3) is 4.78. The Morgan fingerprint density at radius 3 is 1.93 bits per heavy atom. The lowest BCUT2D eigenvalue weighted by atomic mass is 9.76. The van der Waals surface area contributed by atoms with E-state index in [9.17, 15) is 0 Å². The van der Waals surface area contributed by atoms with Gasteiger partial charge in [-0.05, 0) is 93.4 Å². The first-order valence-electron chi connectivity index (χ1n) is 11.1. The van der Waals surface area contributed by atoms with Crippen LogP contribution in [0.15, 0.2) is 48.5 Å². The molecular weight excluding hydrogens is 344 g/mol. The topological polar surface area (TPSA) is 18.5 Å². The Bertz CT molecular complexity index is 735. The first kappa shape index (κ1) is 19.5. The minimum Gasteiger partial charge on any atom is -0.490 e. The first-order valence-corrected chi connectivity index (χ1v) is 11.1. The zero-order valence-corrected chi connectivity index (χ0v) is 17.4. The second-order valence-electron chi connectivity index (χ2n) is 8.78. The van der Waals surface area contributed by atoms with Crippen molar-refractivity contribution >= 4 is 0 Å². The standard InChI is InChI=1S/C26H34O2/c1-19-6-8-20(9-7-19)21-10-12-22(13-11-21)23-4-3-5-26(18-23)28-25-16-14-24(27-2)15-17-25/h3-9,18,21-22,24-25H,10-17H2,1-2H3. The quantitative estimate of drug-likeness (QED) is 0.571. The first-order chi connectivity index (χ1) is 13.7. The van der Waals surface area contributed by atoms with E-state index in [2.05, 4.69) is 55.5 Å². The minimum atomic E-state index is 0.346. The molecule has 0 atom stereocenters. The van der Waals surface area contributed by atoms with Gasteiger partial charge in [0.25, 0.3) is 0 Å². The van der Waals surface area contributed by atoms with Gasteiger partial charge in [-0.1, -0.05) is 42.0 Å². The van der Waals surface area contributed by atoms with Gasteiger partial charge in [-0.3, -0.25) is 0 Å². The lowest BCUT2D eigenvalue weighted by Gasteiger charge is -2.30. The predicted molar refractivity (Wildman–Crippen MR) is 115 cm³/mol. The number of methoxy groups -OCH3 is 1. The molecule has 0 heterocycles. The molecule has 2 fully saturated rings. The van der Waals surface area contributed by atoms with E-state index in [0.717, 1.165) is 37.4 Å². The Hall–Kier alpha value is -1.80. The highest BCUT2D eigenvalue weighted by Crippen LogP contribution is 2.41. The maximum atomic E-state index is 6.33. The fraction of sp³-hybridized carbons (Fsp3) is 0.538. The summed E-state index contributed by atoms with van der Waals surface area (Å²) < 4.78 is 11.8. The van der Waals surface area contributed by atoms with Gasteiger partial charge < -0.3 is 9.47 Å². The maximum absolute atomic E-state index is 6.33. The number of benzene rings is 2. The Morgan fingerprint density at radius 1 is 0.679 bits per heavy atom. The number of hydrogen-bond donors (Lipinski definition) is 0. The highest BCUT2D eigenvalue weighted by Gasteiger charge is 2.25. The van der Waals surface area contributed by atoms with Crippen LogP contribution in [-0.2, 0) is 4.74 Å². The number of aryl methyl sites for hydroxylation is 1. The Morgan fingerprint density at radius 2 is 1.29 bits per heavy atom. The van der Waals surface area contributed by atoms with Crippen molar-refractivity contribution in [3.63, 3.8) is 0 Å². The van der Waals surface area contributed by atoms with Gasteiger partial charge in [0.05, 0.1) is 12.2 Å². The second-order valence-corrected chi connectivity index (χ2v) is 8.78. The summed E-state index contributed by atoms with van der Waals surface area (Å²) in [5, 5.41) is 0. The fourth-order valence-electron chi connectivity index (χ4n) is 5.02. The summed E-state index contributed by atoms with van der Waals surface area (Å²) in [6, 6.07) is 18.1. The van der Waals surface area contributed by atoms with Crippen LogP contribution in [0.1, 0.15) is 79.9 Å². The predicted octanol–water partition coefficient (Wildman–Crippen LogP) is 6.77. The van der Waals surface area contributed by atoms with E-state index in [1.807, 2.05) is 7.11 Å². The summed E-state index contributed by atoms with van der Waals surface area (Å²) in [6.45, 7) is 2.17. The normalized spacial score (nSPS) is 28.1. The molecule has 0 radical (unpaired) electrons. The lowest BCUT2D eigenvalue weighted by molar-refractivity contribution is 0.0327. The van der Waals surface area contributed by atoms with Crippen molar-refractivity contribution in [2.75, 3.05) is 7.11 Å². The average molecular weight is 379 g/mol. The van der Waals surface area contributed by atoms with Crippen LogP contribution in [0.3, 0.4) is 0 Å². The molecule has 2 saturated carbocycles. The molecule has 2 heteroatoms. The third-order valence-electron chi connectivity index (χ3n) is 6.86. The van der Waals surface area contributed by atoms with Crippen molar-refractivity contribution in [3.05, 3.63) is 65.2 Å².